The van der Waals surface area contributed by atoms with E-state index in [1.54, 1.807) is 0 Å². The van der Waals surface area contributed by atoms with Crippen LogP contribution in [0.1, 0.15) is 11.1 Å². The lowest BCUT2D eigenvalue weighted by molar-refractivity contribution is 1.21. The topological polar surface area (TPSA) is 12.9 Å². The van der Waals surface area contributed by atoms with Crippen LogP contribution in [0.15, 0.2) is 24.5 Å². The van der Waals surface area contributed by atoms with E-state index >= 15 is 0 Å². The van der Waals surface area contributed by atoms with Gasteiger partial charge in [-0.05, 0) is 46.2 Å². The van der Waals surface area contributed by atoms with Gasteiger partial charge >= 0.3 is 0 Å². The third-order valence-electron chi connectivity index (χ3n) is 1.66. The first-order chi connectivity index (χ1) is 4.88. The summed E-state index contributed by atoms with van der Waals surface area (Å²) in [5.41, 5.74) is 2.71. The van der Waals surface area contributed by atoms with Gasteiger partial charge in [0.15, 0.2) is 0 Å². The summed E-state index contributed by atoms with van der Waals surface area (Å²) in [6.07, 6.45) is 7.07. The number of hydrogen-bond acceptors (Lipinski definition) is 1. The first kappa shape index (κ1) is 6.34. The smallest absolute Gasteiger partial charge is 0.0309 e. The second-order valence-electron chi connectivity index (χ2n) is 2.29. The van der Waals surface area contributed by atoms with Crippen LogP contribution in [0.2, 0.25) is 0 Å². The fourth-order valence-electron chi connectivity index (χ4n) is 1.13. The Kier molecular flexibility index (Phi) is 1.48. The van der Waals surface area contributed by atoms with Crippen molar-refractivity contribution < 1.29 is 0 Å². The molecule has 0 N–H and O–H groups in total. The van der Waals surface area contributed by atoms with E-state index in [1.165, 1.54) is 14.7 Å². The summed E-state index contributed by atoms with van der Waals surface area (Å²) in [6.45, 7) is 0. The van der Waals surface area contributed by atoms with E-state index in [4.69, 9.17) is 0 Å². The molecule has 0 saturated carbocycles. The largest absolute Gasteiger partial charge is 0.264 e. The Bertz CT molecular complexity index is 291. The van der Waals surface area contributed by atoms with Gasteiger partial charge in [-0.15, -0.1) is 0 Å². The molecule has 0 atom stereocenters. The Hall–Kier alpha value is -0.380. The molecule has 2 heteroatoms. The van der Waals surface area contributed by atoms with Crippen molar-refractivity contribution in [3.8, 4) is 0 Å². The first-order valence-corrected chi connectivity index (χ1v) is 4.25. The van der Waals surface area contributed by atoms with Gasteiger partial charge in [-0.3, -0.25) is 4.98 Å². The highest BCUT2D eigenvalue weighted by molar-refractivity contribution is 14.1. The zero-order valence-electron chi connectivity index (χ0n) is 5.34. The standard InChI is InChI=1S/C8H6IN/c9-8-2-1-6-5-10-4-3-7(6)8/h2-5H,1H2. The Labute approximate surface area is 73.3 Å². The minimum Gasteiger partial charge on any atom is -0.264 e. The third kappa shape index (κ3) is 0.868. The van der Waals surface area contributed by atoms with Crippen molar-refractivity contribution in [2.45, 2.75) is 6.42 Å². The molecule has 0 saturated heterocycles. The van der Waals surface area contributed by atoms with Crippen LogP contribution in [-0.4, -0.2) is 4.98 Å². The Balaban J connectivity index is 2.61. The monoisotopic (exact) mass is 243 g/mol. The normalized spacial score (nSPS) is 14.7. The lowest BCUT2D eigenvalue weighted by Crippen LogP contribution is -1.81. The summed E-state index contributed by atoms with van der Waals surface area (Å²) < 4.78 is 1.36. The zero-order valence-corrected chi connectivity index (χ0v) is 7.50. The second kappa shape index (κ2) is 2.34. The van der Waals surface area contributed by atoms with Crippen LogP contribution in [-0.2, 0) is 6.42 Å². The highest BCUT2D eigenvalue weighted by atomic mass is 127. The van der Waals surface area contributed by atoms with Crippen molar-refractivity contribution >= 4 is 26.2 Å². The summed E-state index contributed by atoms with van der Waals surface area (Å²) >= 11 is 2.36. The lowest BCUT2D eigenvalue weighted by atomic mass is 10.2. The van der Waals surface area contributed by atoms with Crippen molar-refractivity contribution in [3.63, 3.8) is 0 Å². The van der Waals surface area contributed by atoms with Gasteiger partial charge in [0.2, 0.25) is 0 Å². The molecule has 0 radical (unpaired) electrons. The molecule has 1 heterocycles. The number of fused-ring (bicyclic) bond motifs is 1. The molecule has 0 fully saturated rings. The molecular formula is C8H6IN. The number of hydrogen-bond donors (Lipinski definition) is 0. The van der Waals surface area contributed by atoms with Gasteiger partial charge in [0, 0.05) is 16.0 Å². The molecule has 1 aliphatic rings. The van der Waals surface area contributed by atoms with Gasteiger partial charge in [-0.1, -0.05) is 6.08 Å². The van der Waals surface area contributed by atoms with Crippen LogP contribution in [0.25, 0.3) is 3.58 Å². The minimum absolute atomic E-state index is 1.06. The Morgan fingerprint density at radius 3 is 3.20 bits per heavy atom. The zero-order chi connectivity index (χ0) is 6.97. The summed E-state index contributed by atoms with van der Waals surface area (Å²) in [5.74, 6) is 0. The second-order valence-corrected chi connectivity index (χ2v) is 3.45. The van der Waals surface area contributed by atoms with Gasteiger partial charge in [0.1, 0.15) is 0 Å². The molecule has 1 aromatic rings. The summed E-state index contributed by atoms with van der Waals surface area (Å²) in [7, 11) is 0. The molecule has 0 unspecified atom stereocenters. The van der Waals surface area contributed by atoms with Crippen LogP contribution in [0.3, 0.4) is 0 Å². The molecular weight excluding hydrogens is 237 g/mol. The van der Waals surface area contributed by atoms with Crippen molar-refractivity contribution in [2.75, 3.05) is 0 Å². The summed E-state index contributed by atoms with van der Waals surface area (Å²) in [4.78, 5) is 4.05. The minimum atomic E-state index is 1.06. The van der Waals surface area contributed by atoms with E-state index in [2.05, 4.69) is 39.7 Å². The number of allylic oxidation sites excluding steroid dienone is 1. The molecule has 1 aromatic heterocycles. The molecule has 0 aromatic carbocycles. The first-order valence-electron chi connectivity index (χ1n) is 3.17. The van der Waals surface area contributed by atoms with Crippen molar-refractivity contribution in [1.29, 1.82) is 0 Å². The SMILES string of the molecule is IC1=CCc2cnccc21. The number of aromatic nitrogens is 1. The number of halogens is 1. The van der Waals surface area contributed by atoms with Gasteiger partial charge in [0.25, 0.3) is 0 Å². The molecule has 2 rings (SSSR count). The Morgan fingerprint density at radius 1 is 1.50 bits per heavy atom. The van der Waals surface area contributed by atoms with E-state index in [-0.39, 0.29) is 0 Å². The molecule has 10 heavy (non-hydrogen) atoms. The maximum Gasteiger partial charge on any atom is 0.0309 e. The molecule has 1 aliphatic carbocycles. The van der Waals surface area contributed by atoms with Gasteiger partial charge < -0.3 is 0 Å². The molecule has 0 amide bonds. The van der Waals surface area contributed by atoms with Crippen LogP contribution in [0.4, 0.5) is 0 Å². The molecule has 0 spiro atoms. The summed E-state index contributed by atoms with van der Waals surface area (Å²) in [6, 6.07) is 2.07. The predicted octanol–water partition coefficient (Wildman–Crippen LogP) is 2.41. The average Bonchev–Trinajstić information content (AvgIpc) is 2.34. The fourth-order valence-corrected chi connectivity index (χ4v) is 1.88. The number of nitrogens with zero attached hydrogens (tertiary/aromatic N) is 1. The van der Waals surface area contributed by atoms with Gasteiger partial charge in [-0.2, -0.15) is 0 Å². The quantitative estimate of drug-likeness (QED) is 0.637. The predicted molar refractivity (Wildman–Crippen MR) is 49.9 cm³/mol. The molecule has 50 valence electrons. The molecule has 0 bridgehead atoms. The summed E-state index contributed by atoms with van der Waals surface area (Å²) in [5, 5.41) is 0. The van der Waals surface area contributed by atoms with Crippen molar-refractivity contribution in [3.05, 3.63) is 35.7 Å². The van der Waals surface area contributed by atoms with Crippen molar-refractivity contribution in [1.82, 2.24) is 4.98 Å². The maximum atomic E-state index is 4.05. The van der Waals surface area contributed by atoms with E-state index in [0.717, 1.165) is 6.42 Å². The molecule has 1 nitrogen and oxygen atoms in total. The van der Waals surface area contributed by atoms with Crippen LogP contribution < -0.4 is 0 Å². The Morgan fingerprint density at radius 2 is 2.40 bits per heavy atom. The van der Waals surface area contributed by atoms with Gasteiger partial charge in [-0.25, -0.2) is 0 Å². The van der Waals surface area contributed by atoms with E-state index in [1.807, 2.05) is 12.4 Å². The van der Waals surface area contributed by atoms with E-state index in [9.17, 15) is 0 Å². The lowest BCUT2D eigenvalue weighted by Gasteiger charge is -1.95. The van der Waals surface area contributed by atoms with E-state index < -0.39 is 0 Å². The number of pyridine rings is 1. The van der Waals surface area contributed by atoms with Crippen LogP contribution in [0.5, 0.6) is 0 Å². The van der Waals surface area contributed by atoms with Crippen LogP contribution in [0, 0.1) is 0 Å². The number of rotatable bonds is 0. The van der Waals surface area contributed by atoms with Gasteiger partial charge in [0.05, 0.1) is 0 Å². The van der Waals surface area contributed by atoms with E-state index in [0.29, 0.717) is 0 Å². The van der Waals surface area contributed by atoms with Crippen molar-refractivity contribution in [2.24, 2.45) is 0 Å². The molecule has 0 aliphatic heterocycles. The van der Waals surface area contributed by atoms with Crippen LogP contribution >= 0.6 is 22.6 Å². The average molecular weight is 243 g/mol. The fraction of sp³-hybridized carbons (Fsp3) is 0.125. The third-order valence-corrected chi connectivity index (χ3v) is 2.68. The maximum absolute atomic E-state index is 4.05. The highest BCUT2D eigenvalue weighted by Gasteiger charge is 2.09. The highest BCUT2D eigenvalue weighted by Crippen LogP contribution is 2.30.